The number of para-hydroxylation sites is 1. The zero-order valence-corrected chi connectivity index (χ0v) is 26.1. The molecule has 46 heavy (non-hydrogen) atoms. The van der Waals surface area contributed by atoms with Gasteiger partial charge >= 0.3 is 6.03 Å². The first-order chi connectivity index (χ1) is 22.5. The van der Waals surface area contributed by atoms with Crippen molar-refractivity contribution in [1.82, 2.24) is 4.98 Å². The fourth-order valence-electron chi connectivity index (χ4n) is 5.16. The number of aromatic nitrogens is 1. The fourth-order valence-corrected chi connectivity index (χ4v) is 6.19. The molecule has 0 spiro atoms. The predicted molar refractivity (Wildman–Crippen MR) is 180 cm³/mol. The van der Waals surface area contributed by atoms with E-state index in [0.717, 1.165) is 27.5 Å². The Balaban J connectivity index is 1.10. The number of amides is 2. The number of carbonyl (C=O) groups is 1. The largest absolute Gasteiger partial charge is 0.457 e. The zero-order valence-electron chi connectivity index (χ0n) is 25.3. The second-order valence-corrected chi connectivity index (χ2v) is 12.0. The van der Waals surface area contributed by atoms with Crippen molar-refractivity contribution in [3.8, 4) is 11.5 Å². The third kappa shape index (κ3) is 8.13. The van der Waals surface area contributed by atoms with Crippen molar-refractivity contribution in [3.05, 3.63) is 144 Å². The summed E-state index contributed by atoms with van der Waals surface area (Å²) < 4.78 is 18.9. The van der Waals surface area contributed by atoms with Crippen LogP contribution in [-0.4, -0.2) is 28.0 Å². The van der Waals surface area contributed by atoms with Crippen molar-refractivity contribution in [3.63, 3.8) is 0 Å². The minimum absolute atomic E-state index is 0.00909. The van der Waals surface area contributed by atoms with Crippen molar-refractivity contribution in [2.45, 2.75) is 37.1 Å². The number of hydrogen-bond donors (Lipinski definition) is 3. The Hall–Kier alpha value is -4.67. The molecule has 1 saturated heterocycles. The van der Waals surface area contributed by atoms with Gasteiger partial charge in [-0.1, -0.05) is 67.6 Å². The summed E-state index contributed by atoms with van der Waals surface area (Å²) in [6, 6.07) is 37.6. The molecule has 1 aliphatic heterocycles. The first kappa shape index (κ1) is 31.3. The number of nitrogens with one attached hydrogen (secondary N) is 2. The van der Waals surface area contributed by atoms with Crippen LogP contribution in [0.1, 0.15) is 36.0 Å². The van der Waals surface area contributed by atoms with E-state index in [0.29, 0.717) is 22.9 Å². The molecule has 4 unspecified atom stereocenters. The molecule has 1 aromatic heterocycles. The van der Waals surface area contributed by atoms with Gasteiger partial charge < -0.3 is 30.0 Å². The molecule has 2 amide bonds. The lowest BCUT2D eigenvalue weighted by molar-refractivity contribution is -0.268. The summed E-state index contributed by atoms with van der Waals surface area (Å²) in [7, 11) is 0. The second kappa shape index (κ2) is 15.1. The molecular formula is C37H35N3O5S. The molecule has 0 saturated carbocycles. The van der Waals surface area contributed by atoms with Crippen LogP contribution in [0, 0.1) is 5.92 Å². The molecule has 0 bridgehead atoms. The van der Waals surface area contributed by atoms with Crippen LogP contribution >= 0.6 is 11.8 Å². The van der Waals surface area contributed by atoms with Crippen LogP contribution in [0.3, 0.4) is 0 Å². The van der Waals surface area contributed by atoms with E-state index in [1.165, 1.54) is 0 Å². The molecule has 0 aliphatic carbocycles. The van der Waals surface area contributed by atoms with E-state index in [4.69, 9.17) is 14.2 Å². The number of aliphatic hydroxyl groups is 1. The van der Waals surface area contributed by atoms with Crippen LogP contribution in [0.25, 0.3) is 0 Å². The number of rotatable bonds is 10. The maximum absolute atomic E-state index is 12.7. The summed E-state index contributed by atoms with van der Waals surface area (Å²) in [5.74, 6) is 2.20. The number of hydrogen-bond acceptors (Lipinski definition) is 7. The lowest BCUT2D eigenvalue weighted by atomic mass is 9.91. The summed E-state index contributed by atoms with van der Waals surface area (Å²) >= 11 is 1.66. The van der Waals surface area contributed by atoms with Crippen LogP contribution in [0.15, 0.2) is 133 Å². The minimum Gasteiger partial charge on any atom is -0.457 e. The highest BCUT2D eigenvalue weighted by atomic mass is 32.2. The quantitative estimate of drug-likeness (QED) is 0.132. The molecule has 4 aromatic carbocycles. The summed E-state index contributed by atoms with van der Waals surface area (Å²) in [4.78, 5) is 17.2. The number of carbonyl (C=O) groups excluding carboxylic acids is 1. The molecule has 6 rings (SSSR count). The number of thioether (sulfide) groups is 1. The van der Waals surface area contributed by atoms with Gasteiger partial charge in [0.05, 0.1) is 23.8 Å². The highest BCUT2D eigenvalue weighted by Gasteiger charge is 2.38. The van der Waals surface area contributed by atoms with Gasteiger partial charge in [0.1, 0.15) is 11.5 Å². The number of aliphatic hydroxyl groups excluding tert-OH is 1. The van der Waals surface area contributed by atoms with Crippen molar-refractivity contribution in [1.29, 1.82) is 0 Å². The second-order valence-electron chi connectivity index (χ2n) is 10.9. The number of anilines is 2. The molecule has 1 aliphatic rings. The lowest BCUT2D eigenvalue weighted by Crippen LogP contribution is -2.38. The van der Waals surface area contributed by atoms with Crippen LogP contribution in [-0.2, 0) is 16.1 Å². The first-order valence-corrected chi connectivity index (χ1v) is 16.1. The van der Waals surface area contributed by atoms with E-state index in [-0.39, 0.29) is 30.8 Å². The summed E-state index contributed by atoms with van der Waals surface area (Å²) in [6.45, 7) is 2.13. The van der Waals surface area contributed by atoms with Gasteiger partial charge in [-0.3, -0.25) is 0 Å². The Labute approximate surface area is 272 Å². The molecule has 3 N–H and O–H groups in total. The SMILES string of the molecule is CC1C(CSc2ccccn2)OC(c2ccc(NC(=O)Nc3ccc(Oc4ccccc4)cc3)cc2)OC1c1ccc(CO)cc1. The molecular weight excluding hydrogens is 598 g/mol. The van der Waals surface area contributed by atoms with Gasteiger partial charge in [0.15, 0.2) is 6.29 Å². The van der Waals surface area contributed by atoms with Gasteiger partial charge in [0.2, 0.25) is 0 Å². The van der Waals surface area contributed by atoms with Crippen LogP contribution in [0.4, 0.5) is 16.2 Å². The highest BCUT2D eigenvalue weighted by Crippen LogP contribution is 2.43. The molecule has 4 atom stereocenters. The van der Waals surface area contributed by atoms with Gasteiger partial charge in [0.25, 0.3) is 0 Å². The van der Waals surface area contributed by atoms with Gasteiger partial charge in [-0.05, 0) is 71.8 Å². The van der Waals surface area contributed by atoms with E-state index < -0.39 is 6.29 Å². The number of urea groups is 1. The van der Waals surface area contributed by atoms with Crippen molar-refractivity contribution >= 4 is 29.2 Å². The Morgan fingerprint density at radius 2 is 1.41 bits per heavy atom. The lowest BCUT2D eigenvalue weighted by Gasteiger charge is -2.41. The fraction of sp³-hybridized carbons (Fsp3) is 0.189. The monoisotopic (exact) mass is 633 g/mol. The highest BCUT2D eigenvalue weighted by molar-refractivity contribution is 7.99. The Bertz CT molecular complexity index is 1690. The van der Waals surface area contributed by atoms with Gasteiger partial charge in [-0.15, -0.1) is 11.8 Å². The first-order valence-electron chi connectivity index (χ1n) is 15.1. The third-order valence-corrected chi connectivity index (χ3v) is 8.72. The molecule has 8 nitrogen and oxygen atoms in total. The van der Waals surface area contributed by atoms with E-state index in [2.05, 4.69) is 22.5 Å². The molecule has 2 heterocycles. The predicted octanol–water partition coefficient (Wildman–Crippen LogP) is 8.59. The zero-order chi connectivity index (χ0) is 31.7. The summed E-state index contributed by atoms with van der Waals surface area (Å²) in [6.07, 6.45) is 0.862. The van der Waals surface area contributed by atoms with E-state index in [1.54, 1.807) is 42.2 Å². The Morgan fingerprint density at radius 1 is 0.783 bits per heavy atom. The van der Waals surface area contributed by atoms with Crippen LogP contribution in [0.2, 0.25) is 0 Å². The number of benzene rings is 4. The maximum atomic E-state index is 12.7. The van der Waals surface area contributed by atoms with E-state index in [9.17, 15) is 9.90 Å². The minimum atomic E-state index is -0.604. The van der Waals surface area contributed by atoms with Crippen molar-refractivity contribution in [2.75, 3.05) is 16.4 Å². The van der Waals surface area contributed by atoms with Gasteiger partial charge in [-0.2, -0.15) is 0 Å². The van der Waals surface area contributed by atoms with Crippen molar-refractivity contribution < 1.29 is 24.1 Å². The summed E-state index contributed by atoms with van der Waals surface area (Å²) in [5.41, 5.74) is 3.99. The number of pyridine rings is 1. The van der Waals surface area contributed by atoms with Crippen molar-refractivity contribution in [2.24, 2.45) is 5.92 Å². The average molecular weight is 634 g/mol. The molecule has 234 valence electrons. The summed E-state index contributed by atoms with van der Waals surface area (Å²) in [5, 5.41) is 16.2. The molecule has 0 radical (unpaired) electrons. The molecule has 9 heteroatoms. The average Bonchev–Trinajstić information content (AvgIpc) is 3.10. The Morgan fingerprint density at radius 3 is 2.07 bits per heavy atom. The maximum Gasteiger partial charge on any atom is 0.323 e. The van der Waals surface area contributed by atoms with Gasteiger partial charge in [0, 0.05) is 34.8 Å². The molecule has 5 aromatic rings. The molecule has 1 fully saturated rings. The normalized spacial score (nSPS) is 19.3. The van der Waals surface area contributed by atoms with E-state index >= 15 is 0 Å². The smallest absolute Gasteiger partial charge is 0.323 e. The van der Waals surface area contributed by atoms with Crippen LogP contribution < -0.4 is 15.4 Å². The van der Waals surface area contributed by atoms with E-state index in [1.807, 2.05) is 97.1 Å². The third-order valence-electron chi connectivity index (χ3n) is 7.69. The number of nitrogens with zero attached hydrogens (tertiary/aromatic N) is 1. The van der Waals surface area contributed by atoms with Crippen LogP contribution in [0.5, 0.6) is 11.5 Å². The van der Waals surface area contributed by atoms with Gasteiger partial charge in [-0.25, -0.2) is 9.78 Å². The topological polar surface area (TPSA) is 102 Å². The number of ether oxygens (including phenoxy) is 3. The Kier molecular flexibility index (Phi) is 10.3. The standard InChI is InChI=1S/C37H35N3O5S/c1-25-33(24-46-34-9-5-6-22-38-34)44-36(45-35(25)27-12-10-26(23-41)11-13-27)28-14-16-29(17-15-28)39-37(42)40-30-18-20-32(21-19-30)43-31-7-3-2-4-8-31/h2-22,25,33,35-36,41H,23-24H2,1H3,(H2,39,40,42).